The Morgan fingerprint density at radius 2 is 1.90 bits per heavy atom. The van der Waals surface area contributed by atoms with Gasteiger partial charge in [-0.1, -0.05) is 36.4 Å². The van der Waals surface area contributed by atoms with E-state index in [2.05, 4.69) is 36.1 Å². The number of hydrogen-bond donors (Lipinski definition) is 0. The molecule has 0 unspecified atom stereocenters. The number of aryl methyl sites for hydroxylation is 1. The lowest BCUT2D eigenvalue weighted by molar-refractivity contribution is -0.134. The first kappa shape index (κ1) is 21.6. The maximum absolute atomic E-state index is 13.0. The van der Waals surface area contributed by atoms with Crippen LogP contribution in [0, 0.1) is 18.8 Å². The SMILES string of the molecule is C/C=C/CCCC(=O)N1C[C@@H]2CN(C(=O)CN(C)C)[C@@H](c3ccccc3C)[C@@H]2C1. The molecule has 0 bridgehead atoms. The number of rotatable bonds is 7. The van der Waals surface area contributed by atoms with Crippen LogP contribution in [0.25, 0.3) is 0 Å². The molecule has 2 heterocycles. The number of unbranched alkanes of at least 4 members (excludes halogenated alkanes) is 1. The molecule has 1 aromatic rings. The number of nitrogens with zero attached hydrogens (tertiary/aromatic N) is 3. The Balaban J connectivity index is 1.76. The van der Waals surface area contributed by atoms with E-state index in [9.17, 15) is 9.59 Å². The third-order valence-electron chi connectivity index (χ3n) is 6.29. The first-order valence-corrected chi connectivity index (χ1v) is 10.8. The van der Waals surface area contributed by atoms with Crippen molar-refractivity contribution in [1.29, 1.82) is 0 Å². The number of fused-ring (bicyclic) bond motifs is 1. The van der Waals surface area contributed by atoms with Gasteiger partial charge in [-0.25, -0.2) is 0 Å². The van der Waals surface area contributed by atoms with Crippen LogP contribution < -0.4 is 0 Å². The fraction of sp³-hybridized carbons (Fsp3) is 0.583. The van der Waals surface area contributed by atoms with E-state index in [4.69, 9.17) is 0 Å². The summed E-state index contributed by atoms with van der Waals surface area (Å²) in [5.41, 5.74) is 2.45. The van der Waals surface area contributed by atoms with Crippen LogP contribution in [0.4, 0.5) is 0 Å². The maximum Gasteiger partial charge on any atom is 0.237 e. The highest BCUT2D eigenvalue weighted by Crippen LogP contribution is 2.46. The molecule has 0 saturated carbocycles. The topological polar surface area (TPSA) is 43.9 Å². The zero-order valence-electron chi connectivity index (χ0n) is 18.3. The van der Waals surface area contributed by atoms with Gasteiger partial charge >= 0.3 is 0 Å². The number of allylic oxidation sites excluding steroid dienone is 2. The Morgan fingerprint density at radius 3 is 2.59 bits per heavy atom. The van der Waals surface area contributed by atoms with Crippen LogP contribution in [0.2, 0.25) is 0 Å². The fourth-order valence-corrected chi connectivity index (χ4v) is 4.88. The van der Waals surface area contributed by atoms with Gasteiger partial charge in [0.1, 0.15) is 0 Å². The molecule has 0 aromatic heterocycles. The quantitative estimate of drug-likeness (QED) is 0.524. The second-order valence-corrected chi connectivity index (χ2v) is 8.77. The highest BCUT2D eigenvalue weighted by Gasteiger charge is 2.50. The standard InChI is InChI=1S/C24H35N3O2/c1-5-6-7-8-13-22(28)26-14-19-15-27(23(29)17-25(3)4)24(21(19)16-26)20-12-10-9-11-18(20)2/h5-6,9-12,19,21,24H,7-8,13-17H2,1-4H3/b6-5+/t19-,21-,24+/m1/s1. The van der Waals surface area contributed by atoms with Crippen molar-refractivity contribution >= 4 is 11.8 Å². The number of likely N-dealkylation sites (N-methyl/N-ethyl adjacent to an activating group) is 1. The van der Waals surface area contributed by atoms with E-state index in [1.54, 1.807) is 0 Å². The minimum Gasteiger partial charge on any atom is -0.342 e. The Hall–Kier alpha value is -2.14. The summed E-state index contributed by atoms with van der Waals surface area (Å²) in [4.78, 5) is 31.8. The van der Waals surface area contributed by atoms with Gasteiger partial charge in [-0.05, 0) is 51.9 Å². The van der Waals surface area contributed by atoms with Gasteiger partial charge in [-0.15, -0.1) is 0 Å². The average molecular weight is 398 g/mol. The molecule has 2 fully saturated rings. The minimum absolute atomic E-state index is 0.0643. The maximum atomic E-state index is 13.0. The molecule has 2 aliphatic rings. The first-order valence-electron chi connectivity index (χ1n) is 10.8. The van der Waals surface area contributed by atoms with Crippen LogP contribution in [0.1, 0.15) is 43.4 Å². The predicted molar refractivity (Wildman–Crippen MR) is 116 cm³/mol. The molecule has 0 aliphatic carbocycles. The number of likely N-dealkylation sites (tertiary alicyclic amines) is 2. The van der Waals surface area contributed by atoms with Gasteiger partial charge in [0.2, 0.25) is 11.8 Å². The largest absolute Gasteiger partial charge is 0.342 e. The normalized spacial score (nSPS) is 24.0. The number of carbonyl (C=O) groups excluding carboxylic acids is 2. The Kier molecular flexibility index (Phi) is 7.12. The van der Waals surface area contributed by atoms with Gasteiger partial charge in [0.15, 0.2) is 0 Å². The number of amides is 2. The smallest absolute Gasteiger partial charge is 0.237 e. The summed E-state index contributed by atoms with van der Waals surface area (Å²) in [5, 5.41) is 0. The molecule has 5 nitrogen and oxygen atoms in total. The van der Waals surface area contributed by atoms with Crippen molar-refractivity contribution in [2.75, 3.05) is 40.3 Å². The van der Waals surface area contributed by atoms with E-state index in [-0.39, 0.29) is 17.9 Å². The average Bonchev–Trinajstić information content (AvgIpc) is 3.23. The number of benzene rings is 1. The molecule has 29 heavy (non-hydrogen) atoms. The molecule has 2 amide bonds. The van der Waals surface area contributed by atoms with Gasteiger partial charge in [0, 0.05) is 37.9 Å². The molecule has 3 atom stereocenters. The third-order valence-corrected chi connectivity index (χ3v) is 6.29. The van der Waals surface area contributed by atoms with Crippen molar-refractivity contribution < 1.29 is 9.59 Å². The third kappa shape index (κ3) is 4.89. The lowest BCUT2D eigenvalue weighted by Gasteiger charge is -2.31. The lowest BCUT2D eigenvalue weighted by Crippen LogP contribution is -2.41. The van der Waals surface area contributed by atoms with Gasteiger partial charge in [-0.3, -0.25) is 9.59 Å². The van der Waals surface area contributed by atoms with E-state index in [1.807, 2.05) is 43.0 Å². The van der Waals surface area contributed by atoms with Crippen molar-refractivity contribution in [3.63, 3.8) is 0 Å². The molecular formula is C24H35N3O2. The van der Waals surface area contributed by atoms with Gasteiger partial charge in [0.25, 0.3) is 0 Å². The molecular weight excluding hydrogens is 362 g/mol. The Bertz CT molecular complexity index is 758. The molecule has 5 heteroatoms. The highest BCUT2D eigenvalue weighted by molar-refractivity contribution is 5.80. The summed E-state index contributed by atoms with van der Waals surface area (Å²) >= 11 is 0. The van der Waals surface area contributed by atoms with Crippen LogP contribution in [-0.4, -0.2) is 66.8 Å². The Morgan fingerprint density at radius 1 is 1.14 bits per heavy atom. The zero-order chi connectivity index (χ0) is 21.0. The van der Waals surface area contributed by atoms with E-state index < -0.39 is 0 Å². The van der Waals surface area contributed by atoms with E-state index in [1.165, 1.54) is 11.1 Å². The van der Waals surface area contributed by atoms with E-state index in [0.717, 1.165) is 32.5 Å². The van der Waals surface area contributed by atoms with E-state index >= 15 is 0 Å². The van der Waals surface area contributed by atoms with Crippen molar-refractivity contribution in [1.82, 2.24) is 14.7 Å². The second-order valence-electron chi connectivity index (χ2n) is 8.77. The van der Waals surface area contributed by atoms with Crippen molar-refractivity contribution in [3.05, 3.63) is 47.5 Å². The summed E-state index contributed by atoms with van der Waals surface area (Å²) in [7, 11) is 3.87. The van der Waals surface area contributed by atoms with E-state index in [0.29, 0.717) is 24.8 Å². The molecule has 3 rings (SSSR count). The molecule has 158 valence electrons. The summed E-state index contributed by atoms with van der Waals surface area (Å²) in [6.07, 6.45) is 6.64. The van der Waals surface area contributed by atoms with Crippen LogP contribution in [0.3, 0.4) is 0 Å². The molecule has 1 aromatic carbocycles. The summed E-state index contributed by atoms with van der Waals surface area (Å²) < 4.78 is 0. The number of carbonyl (C=O) groups is 2. The molecule has 2 saturated heterocycles. The van der Waals surface area contributed by atoms with Crippen molar-refractivity contribution in [3.8, 4) is 0 Å². The molecule has 0 spiro atoms. The van der Waals surface area contributed by atoms with Crippen LogP contribution in [0.5, 0.6) is 0 Å². The fourth-order valence-electron chi connectivity index (χ4n) is 4.88. The zero-order valence-corrected chi connectivity index (χ0v) is 18.3. The monoisotopic (exact) mass is 397 g/mol. The molecule has 0 radical (unpaired) electrons. The predicted octanol–water partition coefficient (Wildman–Crippen LogP) is 3.26. The van der Waals surface area contributed by atoms with Gasteiger partial charge in [-0.2, -0.15) is 0 Å². The summed E-state index contributed by atoms with van der Waals surface area (Å²) in [5.74, 6) is 1.13. The van der Waals surface area contributed by atoms with Crippen LogP contribution in [0.15, 0.2) is 36.4 Å². The van der Waals surface area contributed by atoms with Crippen molar-refractivity contribution in [2.45, 2.75) is 39.2 Å². The first-order chi connectivity index (χ1) is 13.9. The summed E-state index contributed by atoms with van der Waals surface area (Å²) in [6, 6.07) is 8.45. The van der Waals surface area contributed by atoms with Gasteiger partial charge in [0.05, 0.1) is 12.6 Å². The lowest BCUT2D eigenvalue weighted by atomic mass is 9.87. The molecule has 0 N–H and O–H groups in total. The van der Waals surface area contributed by atoms with Crippen LogP contribution >= 0.6 is 0 Å². The Labute approximate surface area is 175 Å². The van der Waals surface area contributed by atoms with Crippen molar-refractivity contribution in [2.24, 2.45) is 11.8 Å². The second kappa shape index (κ2) is 9.57. The van der Waals surface area contributed by atoms with Crippen LogP contribution in [-0.2, 0) is 9.59 Å². The highest BCUT2D eigenvalue weighted by atomic mass is 16.2. The molecule has 2 aliphatic heterocycles. The minimum atomic E-state index is 0.0643. The van der Waals surface area contributed by atoms with Gasteiger partial charge < -0.3 is 14.7 Å². The summed E-state index contributed by atoms with van der Waals surface area (Å²) in [6.45, 7) is 6.85. The number of hydrogen-bond acceptors (Lipinski definition) is 3.